The molecule has 1 aromatic rings. The second kappa shape index (κ2) is 7.99. The summed E-state index contributed by atoms with van der Waals surface area (Å²) < 4.78 is 25.8. The number of urea groups is 1. The van der Waals surface area contributed by atoms with Gasteiger partial charge in [0.05, 0.1) is 5.75 Å². The molecule has 0 saturated carbocycles. The number of sulfonamides is 1. The van der Waals surface area contributed by atoms with Gasteiger partial charge < -0.3 is 10.2 Å². The molecule has 8 heteroatoms. The van der Waals surface area contributed by atoms with E-state index in [2.05, 4.69) is 5.32 Å². The summed E-state index contributed by atoms with van der Waals surface area (Å²) in [5.74, 6) is 0.154. The van der Waals surface area contributed by atoms with Crippen LogP contribution in [0.3, 0.4) is 0 Å². The second-order valence-corrected chi connectivity index (χ2v) is 8.02. The average molecular weight is 360 g/mol. The Balaban J connectivity index is 1.96. The van der Waals surface area contributed by atoms with Gasteiger partial charge in [0, 0.05) is 36.9 Å². The summed E-state index contributed by atoms with van der Waals surface area (Å²) in [5, 5.41) is 3.34. The summed E-state index contributed by atoms with van der Waals surface area (Å²) in [5.41, 5.74) is 0.627. The number of hydrogen-bond donors (Lipinski definition) is 1. The van der Waals surface area contributed by atoms with Gasteiger partial charge in [-0.25, -0.2) is 17.5 Å². The molecule has 0 radical (unpaired) electrons. The molecule has 0 aromatic heterocycles. The molecule has 1 saturated heterocycles. The van der Waals surface area contributed by atoms with Gasteiger partial charge in [-0.05, 0) is 31.0 Å². The summed E-state index contributed by atoms with van der Waals surface area (Å²) in [6, 6.07) is 6.70. The van der Waals surface area contributed by atoms with Crippen molar-refractivity contribution in [3.05, 3.63) is 29.3 Å². The molecule has 2 rings (SSSR count). The molecule has 1 N–H and O–H groups in total. The normalized spacial score (nSPS) is 16.9. The third-order valence-corrected chi connectivity index (χ3v) is 5.98. The van der Waals surface area contributed by atoms with Crippen LogP contribution in [0.2, 0.25) is 5.02 Å². The van der Waals surface area contributed by atoms with E-state index < -0.39 is 10.0 Å². The maximum Gasteiger partial charge on any atom is 0.321 e. The number of carbonyl (C=O) groups excluding carboxylic acids is 1. The number of anilines is 1. The molecule has 0 bridgehead atoms. The predicted molar refractivity (Wildman–Crippen MR) is 92.3 cm³/mol. The maximum absolute atomic E-state index is 12.3. The van der Waals surface area contributed by atoms with Crippen LogP contribution in [0.5, 0.6) is 0 Å². The Hall–Kier alpha value is -1.31. The van der Waals surface area contributed by atoms with Crippen molar-refractivity contribution in [1.82, 2.24) is 9.21 Å². The summed E-state index contributed by atoms with van der Waals surface area (Å²) in [6.07, 6.45) is 1.23. The summed E-state index contributed by atoms with van der Waals surface area (Å²) in [6.45, 7) is 3.56. The first-order valence-corrected chi connectivity index (χ1v) is 9.70. The van der Waals surface area contributed by atoms with Gasteiger partial charge in [-0.3, -0.25) is 0 Å². The Kier molecular flexibility index (Phi) is 6.26. The zero-order valence-corrected chi connectivity index (χ0v) is 14.7. The van der Waals surface area contributed by atoms with E-state index in [4.69, 9.17) is 11.6 Å². The minimum Gasteiger partial charge on any atom is -0.323 e. The van der Waals surface area contributed by atoms with Crippen molar-refractivity contribution in [2.45, 2.75) is 19.8 Å². The van der Waals surface area contributed by atoms with Crippen molar-refractivity contribution >= 4 is 33.3 Å². The van der Waals surface area contributed by atoms with E-state index in [0.29, 0.717) is 49.7 Å². The maximum atomic E-state index is 12.3. The van der Waals surface area contributed by atoms with Gasteiger partial charge in [0.15, 0.2) is 0 Å². The fourth-order valence-electron chi connectivity index (χ4n) is 2.53. The number of amides is 2. The van der Waals surface area contributed by atoms with Crippen molar-refractivity contribution in [3.63, 3.8) is 0 Å². The number of benzene rings is 1. The number of rotatable bonds is 4. The Labute approximate surface area is 142 Å². The van der Waals surface area contributed by atoms with Gasteiger partial charge in [0.25, 0.3) is 0 Å². The molecule has 1 aliphatic rings. The lowest BCUT2D eigenvalue weighted by Gasteiger charge is -2.22. The van der Waals surface area contributed by atoms with Gasteiger partial charge >= 0.3 is 6.03 Å². The number of hydrogen-bond acceptors (Lipinski definition) is 3. The van der Waals surface area contributed by atoms with Crippen LogP contribution >= 0.6 is 11.6 Å². The van der Waals surface area contributed by atoms with E-state index in [1.54, 1.807) is 29.2 Å². The van der Waals surface area contributed by atoms with Crippen LogP contribution in [0.1, 0.15) is 19.8 Å². The van der Waals surface area contributed by atoms with Crippen molar-refractivity contribution in [1.29, 1.82) is 0 Å². The molecule has 0 spiro atoms. The predicted octanol–water partition coefficient (Wildman–Crippen LogP) is 2.62. The van der Waals surface area contributed by atoms with Crippen LogP contribution in [-0.2, 0) is 10.0 Å². The minimum absolute atomic E-state index is 0.154. The smallest absolute Gasteiger partial charge is 0.321 e. The fraction of sp³-hybridized carbons (Fsp3) is 0.533. The lowest BCUT2D eigenvalue weighted by Crippen LogP contribution is -2.39. The van der Waals surface area contributed by atoms with E-state index >= 15 is 0 Å². The van der Waals surface area contributed by atoms with E-state index in [1.807, 2.05) is 6.92 Å². The van der Waals surface area contributed by atoms with E-state index in [0.717, 1.165) is 0 Å². The van der Waals surface area contributed by atoms with E-state index in [-0.39, 0.29) is 11.8 Å². The second-order valence-electron chi connectivity index (χ2n) is 5.50. The van der Waals surface area contributed by atoms with Gasteiger partial charge in [-0.15, -0.1) is 0 Å². The molecular formula is C15H22ClN3O3S. The van der Waals surface area contributed by atoms with Crippen LogP contribution in [0, 0.1) is 0 Å². The monoisotopic (exact) mass is 359 g/mol. The van der Waals surface area contributed by atoms with Gasteiger partial charge in [-0.2, -0.15) is 0 Å². The molecular weight excluding hydrogens is 338 g/mol. The fourth-order valence-corrected chi connectivity index (χ4v) is 4.26. The first-order valence-electron chi connectivity index (χ1n) is 7.71. The van der Waals surface area contributed by atoms with Crippen molar-refractivity contribution in [2.24, 2.45) is 0 Å². The molecule has 128 valence electrons. The molecule has 1 aliphatic heterocycles. The molecule has 1 fully saturated rings. The molecule has 0 atom stereocenters. The van der Waals surface area contributed by atoms with Gasteiger partial charge in [-0.1, -0.05) is 24.6 Å². The third kappa shape index (κ3) is 5.09. The largest absolute Gasteiger partial charge is 0.323 e. The minimum atomic E-state index is -3.21. The lowest BCUT2D eigenvalue weighted by atomic mass is 10.3. The van der Waals surface area contributed by atoms with E-state index in [9.17, 15) is 13.2 Å². The van der Waals surface area contributed by atoms with Gasteiger partial charge in [0.2, 0.25) is 10.0 Å². The Morgan fingerprint density at radius 3 is 2.74 bits per heavy atom. The number of halogens is 1. The number of nitrogens with one attached hydrogen (secondary N) is 1. The lowest BCUT2D eigenvalue weighted by molar-refractivity contribution is 0.214. The van der Waals surface area contributed by atoms with Crippen molar-refractivity contribution in [2.75, 3.05) is 37.2 Å². The zero-order chi connectivity index (χ0) is 16.9. The average Bonchev–Trinajstić information content (AvgIpc) is 2.73. The number of carbonyl (C=O) groups is 1. The zero-order valence-electron chi connectivity index (χ0n) is 13.2. The molecule has 1 heterocycles. The highest BCUT2D eigenvalue weighted by Crippen LogP contribution is 2.16. The third-order valence-electron chi connectivity index (χ3n) is 3.67. The Morgan fingerprint density at radius 1 is 1.26 bits per heavy atom. The first-order chi connectivity index (χ1) is 10.9. The standard InChI is InChI=1S/C15H22ClN3O3S/c1-2-11-23(21,22)19-8-4-7-18(9-10-19)15(20)17-14-6-3-5-13(16)12-14/h3,5-6,12H,2,4,7-11H2,1H3,(H,17,20). The SMILES string of the molecule is CCCS(=O)(=O)N1CCCN(C(=O)Nc2cccc(Cl)c2)CC1. The molecule has 0 aliphatic carbocycles. The first kappa shape index (κ1) is 18.0. The highest BCUT2D eigenvalue weighted by Gasteiger charge is 2.26. The highest BCUT2D eigenvalue weighted by molar-refractivity contribution is 7.89. The van der Waals surface area contributed by atoms with Crippen LogP contribution in [0.15, 0.2) is 24.3 Å². The Bertz CT molecular complexity index is 651. The number of nitrogens with zero attached hydrogens (tertiary/aromatic N) is 2. The van der Waals surface area contributed by atoms with Crippen LogP contribution < -0.4 is 5.32 Å². The van der Waals surface area contributed by atoms with Crippen molar-refractivity contribution in [3.8, 4) is 0 Å². The summed E-state index contributed by atoms with van der Waals surface area (Å²) >= 11 is 5.90. The molecule has 23 heavy (non-hydrogen) atoms. The van der Waals surface area contributed by atoms with Gasteiger partial charge in [0.1, 0.15) is 0 Å². The van der Waals surface area contributed by atoms with E-state index in [1.165, 1.54) is 4.31 Å². The molecule has 6 nitrogen and oxygen atoms in total. The molecule has 1 aromatic carbocycles. The summed E-state index contributed by atoms with van der Waals surface area (Å²) in [4.78, 5) is 14.0. The van der Waals surface area contributed by atoms with Crippen LogP contribution in [-0.4, -0.2) is 55.6 Å². The summed E-state index contributed by atoms with van der Waals surface area (Å²) in [7, 11) is -3.21. The highest BCUT2D eigenvalue weighted by atomic mass is 35.5. The quantitative estimate of drug-likeness (QED) is 0.898. The van der Waals surface area contributed by atoms with Crippen molar-refractivity contribution < 1.29 is 13.2 Å². The van der Waals surface area contributed by atoms with Crippen LogP contribution in [0.4, 0.5) is 10.5 Å². The molecule has 2 amide bonds. The van der Waals surface area contributed by atoms with Crippen LogP contribution in [0.25, 0.3) is 0 Å². The Morgan fingerprint density at radius 2 is 2.04 bits per heavy atom. The topological polar surface area (TPSA) is 69.7 Å². The molecule has 0 unspecified atom stereocenters.